The summed E-state index contributed by atoms with van der Waals surface area (Å²) in [7, 11) is 0. The van der Waals surface area contributed by atoms with Crippen molar-refractivity contribution in [1.29, 1.82) is 0 Å². The molecule has 1 aromatic carbocycles. The molecule has 0 aliphatic heterocycles. The summed E-state index contributed by atoms with van der Waals surface area (Å²) in [6, 6.07) is 4.01. The fourth-order valence-corrected chi connectivity index (χ4v) is 1.51. The third-order valence-corrected chi connectivity index (χ3v) is 2.33. The van der Waals surface area contributed by atoms with Crippen molar-refractivity contribution in [2.75, 3.05) is 6.61 Å². The van der Waals surface area contributed by atoms with Crippen LogP contribution < -0.4 is 5.73 Å². The summed E-state index contributed by atoms with van der Waals surface area (Å²) < 4.78 is 0.737. The lowest BCUT2D eigenvalue weighted by atomic mass is 10.0. The molecule has 0 heterocycles. The number of aromatic carboxylic acids is 1. The normalized spacial score (nSPS) is 12.5. The maximum atomic E-state index is 10.8. The molecule has 0 bridgehead atoms. The van der Waals surface area contributed by atoms with Crippen LogP contribution in [0.15, 0.2) is 22.7 Å². The van der Waals surface area contributed by atoms with E-state index in [0.717, 1.165) is 4.47 Å². The van der Waals surface area contributed by atoms with E-state index in [9.17, 15) is 4.79 Å². The predicted octanol–water partition coefficient (Wildman–Crippen LogP) is 1.14. The van der Waals surface area contributed by atoms with Gasteiger partial charge in [0, 0.05) is 4.47 Å². The zero-order valence-electron chi connectivity index (χ0n) is 7.27. The number of aliphatic hydroxyl groups excluding tert-OH is 1. The lowest BCUT2D eigenvalue weighted by Crippen LogP contribution is -2.18. The van der Waals surface area contributed by atoms with Crippen molar-refractivity contribution in [2.45, 2.75) is 6.04 Å². The van der Waals surface area contributed by atoms with Crippen LogP contribution >= 0.6 is 15.9 Å². The Labute approximate surface area is 89.5 Å². The lowest BCUT2D eigenvalue weighted by molar-refractivity contribution is 0.0694. The lowest BCUT2D eigenvalue weighted by Gasteiger charge is -2.12. The van der Waals surface area contributed by atoms with Crippen LogP contribution in [-0.2, 0) is 0 Å². The van der Waals surface area contributed by atoms with Crippen LogP contribution in [0.4, 0.5) is 0 Å². The molecule has 14 heavy (non-hydrogen) atoms. The van der Waals surface area contributed by atoms with E-state index in [1.165, 1.54) is 6.07 Å². The first-order valence-corrected chi connectivity index (χ1v) is 4.74. The first-order valence-electron chi connectivity index (χ1n) is 3.95. The summed E-state index contributed by atoms with van der Waals surface area (Å²) in [5.74, 6) is -1.04. The Morgan fingerprint density at radius 2 is 2.21 bits per heavy atom. The summed E-state index contributed by atoms with van der Waals surface area (Å²) >= 11 is 3.21. The maximum Gasteiger partial charge on any atom is 0.336 e. The molecule has 76 valence electrons. The molecule has 0 fully saturated rings. The minimum atomic E-state index is -1.04. The molecule has 5 heteroatoms. The summed E-state index contributed by atoms with van der Waals surface area (Å²) in [4.78, 5) is 10.8. The zero-order chi connectivity index (χ0) is 10.7. The third-order valence-electron chi connectivity index (χ3n) is 1.84. The van der Waals surface area contributed by atoms with Gasteiger partial charge >= 0.3 is 5.97 Å². The number of halogens is 1. The molecule has 4 N–H and O–H groups in total. The van der Waals surface area contributed by atoms with Gasteiger partial charge in [-0.3, -0.25) is 0 Å². The third kappa shape index (κ3) is 2.31. The first kappa shape index (κ1) is 11.2. The Kier molecular flexibility index (Phi) is 3.62. The van der Waals surface area contributed by atoms with Gasteiger partial charge < -0.3 is 15.9 Å². The highest BCUT2D eigenvalue weighted by molar-refractivity contribution is 9.10. The highest BCUT2D eigenvalue weighted by Crippen LogP contribution is 2.21. The number of carbonyl (C=O) groups is 1. The van der Waals surface area contributed by atoms with Crippen LogP contribution in [0.3, 0.4) is 0 Å². The fraction of sp³-hybridized carbons (Fsp3) is 0.222. The van der Waals surface area contributed by atoms with Crippen molar-refractivity contribution >= 4 is 21.9 Å². The van der Waals surface area contributed by atoms with Crippen LogP contribution in [0, 0.1) is 0 Å². The Morgan fingerprint density at radius 3 is 2.71 bits per heavy atom. The number of benzene rings is 1. The molecule has 1 rings (SSSR count). The van der Waals surface area contributed by atoms with Crippen molar-refractivity contribution in [3.63, 3.8) is 0 Å². The number of nitrogens with two attached hydrogens (primary N) is 1. The van der Waals surface area contributed by atoms with Gasteiger partial charge in [-0.2, -0.15) is 0 Å². The molecule has 0 spiro atoms. The van der Waals surface area contributed by atoms with Crippen LogP contribution in [0.25, 0.3) is 0 Å². The number of hydrogen-bond acceptors (Lipinski definition) is 3. The topological polar surface area (TPSA) is 83.5 Å². The molecule has 0 saturated heterocycles. The van der Waals surface area contributed by atoms with E-state index < -0.39 is 12.0 Å². The molecule has 4 nitrogen and oxygen atoms in total. The predicted molar refractivity (Wildman–Crippen MR) is 55.1 cm³/mol. The highest BCUT2D eigenvalue weighted by atomic mass is 79.9. The quantitative estimate of drug-likeness (QED) is 0.760. The molecule has 1 unspecified atom stereocenters. The molecule has 1 atom stereocenters. The number of rotatable bonds is 3. The van der Waals surface area contributed by atoms with E-state index in [-0.39, 0.29) is 12.2 Å². The van der Waals surface area contributed by atoms with Gasteiger partial charge in [0.1, 0.15) is 0 Å². The van der Waals surface area contributed by atoms with Crippen molar-refractivity contribution < 1.29 is 15.0 Å². The maximum absolute atomic E-state index is 10.8. The molecular formula is C9H10BrNO3. The Morgan fingerprint density at radius 1 is 1.57 bits per heavy atom. The molecule has 1 aromatic rings. The second-order valence-electron chi connectivity index (χ2n) is 2.83. The number of carboxylic acid groups (broad SMARTS) is 1. The van der Waals surface area contributed by atoms with E-state index in [0.29, 0.717) is 5.56 Å². The van der Waals surface area contributed by atoms with Gasteiger partial charge in [-0.05, 0) is 23.8 Å². The number of hydrogen-bond donors (Lipinski definition) is 3. The summed E-state index contributed by atoms with van der Waals surface area (Å²) in [6.45, 7) is -0.281. The molecule has 0 aliphatic rings. The smallest absolute Gasteiger partial charge is 0.336 e. The van der Waals surface area contributed by atoms with E-state index >= 15 is 0 Å². The minimum absolute atomic E-state index is 0.120. The number of carboxylic acids is 1. The summed E-state index contributed by atoms with van der Waals surface area (Å²) in [6.07, 6.45) is 0. The minimum Gasteiger partial charge on any atom is -0.478 e. The van der Waals surface area contributed by atoms with Crippen LogP contribution in [0.2, 0.25) is 0 Å². The van der Waals surface area contributed by atoms with Crippen molar-refractivity contribution in [2.24, 2.45) is 5.73 Å². The Bertz CT molecular complexity index is 354. The van der Waals surface area contributed by atoms with Crippen molar-refractivity contribution in [3.05, 3.63) is 33.8 Å². The number of aliphatic hydroxyl groups is 1. The Hall–Kier alpha value is -0.910. The molecule has 0 aliphatic carbocycles. The van der Waals surface area contributed by atoms with Gasteiger partial charge in [-0.25, -0.2) is 4.79 Å². The van der Waals surface area contributed by atoms with Gasteiger partial charge in [0.05, 0.1) is 18.2 Å². The second-order valence-corrected chi connectivity index (χ2v) is 3.74. The molecule has 0 saturated carbocycles. The zero-order valence-corrected chi connectivity index (χ0v) is 8.86. The van der Waals surface area contributed by atoms with Crippen molar-refractivity contribution in [1.82, 2.24) is 0 Å². The largest absolute Gasteiger partial charge is 0.478 e. The Balaban J connectivity index is 3.22. The first-order chi connectivity index (χ1) is 6.56. The molecular weight excluding hydrogens is 250 g/mol. The van der Waals surface area contributed by atoms with E-state index in [1.54, 1.807) is 12.1 Å². The van der Waals surface area contributed by atoms with Gasteiger partial charge in [0.2, 0.25) is 0 Å². The van der Waals surface area contributed by atoms with E-state index in [1.807, 2.05) is 0 Å². The van der Waals surface area contributed by atoms with E-state index in [2.05, 4.69) is 15.9 Å². The summed E-state index contributed by atoms with van der Waals surface area (Å²) in [5.41, 5.74) is 6.11. The second kappa shape index (κ2) is 4.54. The van der Waals surface area contributed by atoms with Crippen molar-refractivity contribution in [3.8, 4) is 0 Å². The van der Waals surface area contributed by atoms with Crippen LogP contribution in [0.5, 0.6) is 0 Å². The molecule has 0 aromatic heterocycles. The standard InChI is InChI=1S/C9H10BrNO3/c10-5-1-2-6(9(13)14)7(3-5)8(11)4-12/h1-3,8,12H,4,11H2,(H,13,14). The van der Waals surface area contributed by atoms with Gasteiger partial charge in [0.15, 0.2) is 0 Å². The SMILES string of the molecule is NC(CO)c1cc(Br)ccc1C(=O)O. The van der Waals surface area contributed by atoms with Gasteiger partial charge in [-0.1, -0.05) is 15.9 Å². The van der Waals surface area contributed by atoms with Crippen LogP contribution in [-0.4, -0.2) is 22.8 Å². The highest BCUT2D eigenvalue weighted by Gasteiger charge is 2.15. The molecule has 0 radical (unpaired) electrons. The molecule has 0 amide bonds. The van der Waals surface area contributed by atoms with Gasteiger partial charge in [0.25, 0.3) is 0 Å². The fourth-order valence-electron chi connectivity index (χ4n) is 1.13. The summed E-state index contributed by atoms with van der Waals surface area (Å²) in [5, 5.41) is 17.7. The monoisotopic (exact) mass is 259 g/mol. The van der Waals surface area contributed by atoms with Gasteiger partial charge in [-0.15, -0.1) is 0 Å². The van der Waals surface area contributed by atoms with E-state index in [4.69, 9.17) is 15.9 Å². The average molecular weight is 260 g/mol. The van der Waals surface area contributed by atoms with Crippen LogP contribution in [0.1, 0.15) is 22.0 Å². The average Bonchev–Trinajstić information content (AvgIpc) is 2.16.